The molecule has 0 aliphatic heterocycles. The van der Waals surface area contributed by atoms with Gasteiger partial charge in [-0.3, -0.25) is 0 Å². The maximum absolute atomic E-state index is 12.5. The second-order valence-electron chi connectivity index (χ2n) is 5.24. The van der Waals surface area contributed by atoms with Crippen LogP contribution in [0, 0.1) is 0 Å². The standard InChI is InChI=1S/C16H19F2NO3S/c1-16(20,12-5-6-23-9-12)10-19-8-11-7-13(21-2)3-4-14(11)22-15(17)18/h3-7,9,15,19-20H,8,10H2,1-2H3. The lowest BCUT2D eigenvalue weighted by molar-refractivity contribution is -0.0506. The highest BCUT2D eigenvalue weighted by Gasteiger charge is 2.23. The summed E-state index contributed by atoms with van der Waals surface area (Å²) in [5, 5.41) is 17.3. The molecule has 23 heavy (non-hydrogen) atoms. The van der Waals surface area contributed by atoms with Gasteiger partial charge in [0.1, 0.15) is 11.5 Å². The molecule has 1 heterocycles. The molecule has 0 spiro atoms. The maximum atomic E-state index is 12.5. The van der Waals surface area contributed by atoms with E-state index in [2.05, 4.69) is 10.1 Å². The molecule has 1 atom stereocenters. The highest BCUT2D eigenvalue weighted by Crippen LogP contribution is 2.26. The SMILES string of the molecule is COc1ccc(OC(F)F)c(CNCC(C)(O)c2ccsc2)c1. The normalized spacial score (nSPS) is 13.8. The summed E-state index contributed by atoms with van der Waals surface area (Å²) >= 11 is 1.50. The van der Waals surface area contributed by atoms with Gasteiger partial charge in [0.05, 0.1) is 12.7 Å². The fourth-order valence-corrected chi connectivity index (χ4v) is 2.93. The van der Waals surface area contributed by atoms with Gasteiger partial charge in [-0.2, -0.15) is 20.1 Å². The molecule has 126 valence electrons. The number of thiophene rings is 1. The summed E-state index contributed by atoms with van der Waals surface area (Å²) in [6.45, 7) is -0.658. The number of hydrogen-bond donors (Lipinski definition) is 2. The summed E-state index contributed by atoms with van der Waals surface area (Å²) in [7, 11) is 1.50. The van der Waals surface area contributed by atoms with Crippen LogP contribution < -0.4 is 14.8 Å². The molecule has 0 aliphatic carbocycles. The molecule has 0 saturated carbocycles. The number of halogens is 2. The number of benzene rings is 1. The zero-order valence-electron chi connectivity index (χ0n) is 12.9. The first-order valence-corrected chi connectivity index (χ1v) is 7.94. The van der Waals surface area contributed by atoms with Crippen molar-refractivity contribution in [3.05, 3.63) is 46.2 Å². The molecule has 0 amide bonds. The average molecular weight is 343 g/mol. The van der Waals surface area contributed by atoms with Crippen LogP contribution in [0.4, 0.5) is 8.78 Å². The monoisotopic (exact) mass is 343 g/mol. The third-order valence-electron chi connectivity index (χ3n) is 3.41. The molecule has 1 unspecified atom stereocenters. The Hall–Kier alpha value is -1.70. The van der Waals surface area contributed by atoms with Crippen LogP contribution >= 0.6 is 11.3 Å². The van der Waals surface area contributed by atoms with E-state index >= 15 is 0 Å². The lowest BCUT2D eigenvalue weighted by Crippen LogP contribution is -2.34. The van der Waals surface area contributed by atoms with Gasteiger partial charge < -0.3 is 19.9 Å². The van der Waals surface area contributed by atoms with Crippen molar-refractivity contribution in [2.24, 2.45) is 0 Å². The van der Waals surface area contributed by atoms with E-state index in [4.69, 9.17) is 4.74 Å². The molecule has 1 aromatic heterocycles. The van der Waals surface area contributed by atoms with Gasteiger partial charge in [-0.15, -0.1) is 0 Å². The van der Waals surface area contributed by atoms with Gasteiger partial charge in [0.15, 0.2) is 0 Å². The highest BCUT2D eigenvalue weighted by molar-refractivity contribution is 7.08. The van der Waals surface area contributed by atoms with Crippen molar-refractivity contribution in [2.75, 3.05) is 13.7 Å². The van der Waals surface area contributed by atoms with Gasteiger partial charge >= 0.3 is 6.61 Å². The third kappa shape index (κ3) is 4.89. The van der Waals surface area contributed by atoms with E-state index < -0.39 is 12.2 Å². The van der Waals surface area contributed by atoms with Crippen LogP contribution in [0.1, 0.15) is 18.1 Å². The van der Waals surface area contributed by atoms with E-state index in [0.717, 1.165) is 5.56 Å². The van der Waals surface area contributed by atoms with Crippen molar-refractivity contribution in [3.8, 4) is 11.5 Å². The van der Waals surface area contributed by atoms with Crippen molar-refractivity contribution < 1.29 is 23.4 Å². The Morgan fingerprint density at radius 3 is 2.74 bits per heavy atom. The lowest BCUT2D eigenvalue weighted by atomic mass is 9.99. The summed E-state index contributed by atoms with van der Waals surface area (Å²) in [5.41, 5.74) is 0.304. The van der Waals surface area contributed by atoms with Crippen LogP contribution in [0.25, 0.3) is 0 Å². The predicted octanol–water partition coefficient (Wildman–Crippen LogP) is 3.36. The van der Waals surface area contributed by atoms with Crippen LogP contribution in [-0.2, 0) is 12.1 Å². The van der Waals surface area contributed by atoms with Gasteiger partial charge in [0.25, 0.3) is 0 Å². The molecule has 0 aliphatic rings. The minimum Gasteiger partial charge on any atom is -0.497 e. The van der Waals surface area contributed by atoms with E-state index in [1.54, 1.807) is 19.1 Å². The van der Waals surface area contributed by atoms with Crippen LogP contribution in [0.2, 0.25) is 0 Å². The zero-order valence-corrected chi connectivity index (χ0v) is 13.7. The summed E-state index contributed by atoms with van der Waals surface area (Å²) in [4.78, 5) is 0. The molecule has 0 saturated heterocycles. The van der Waals surface area contributed by atoms with E-state index in [0.29, 0.717) is 11.3 Å². The second kappa shape index (κ2) is 7.72. The smallest absolute Gasteiger partial charge is 0.387 e. The quantitative estimate of drug-likeness (QED) is 0.772. The molecule has 2 aromatic rings. The fourth-order valence-electron chi connectivity index (χ4n) is 2.15. The molecular formula is C16H19F2NO3S. The van der Waals surface area contributed by atoms with Crippen molar-refractivity contribution in [3.63, 3.8) is 0 Å². The number of ether oxygens (including phenoxy) is 2. The van der Waals surface area contributed by atoms with Gasteiger partial charge in [-0.1, -0.05) is 0 Å². The number of hydrogen-bond acceptors (Lipinski definition) is 5. The van der Waals surface area contributed by atoms with E-state index in [1.165, 1.54) is 24.5 Å². The van der Waals surface area contributed by atoms with Gasteiger partial charge in [-0.05, 0) is 47.5 Å². The van der Waals surface area contributed by atoms with Crippen LogP contribution in [0.3, 0.4) is 0 Å². The second-order valence-corrected chi connectivity index (χ2v) is 6.02. The van der Waals surface area contributed by atoms with Crippen molar-refractivity contribution >= 4 is 11.3 Å². The first-order chi connectivity index (χ1) is 10.9. The Morgan fingerprint density at radius 1 is 1.35 bits per heavy atom. The largest absolute Gasteiger partial charge is 0.497 e. The van der Waals surface area contributed by atoms with Crippen LogP contribution in [-0.4, -0.2) is 25.4 Å². The molecule has 7 heteroatoms. The van der Waals surface area contributed by atoms with Gasteiger partial charge in [0, 0.05) is 18.7 Å². The number of alkyl halides is 2. The summed E-state index contributed by atoms with van der Waals surface area (Å²) in [6.07, 6.45) is 0. The van der Waals surface area contributed by atoms with E-state index in [-0.39, 0.29) is 18.8 Å². The van der Waals surface area contributed by atoms with Crippen molar-refractivity contribution in [2.45, 2.75) is 25.7 Å². The molecule has 2 rings (SSSR count). The topological polar surface area (TPSA) is 50.7 Å². The predicted molar refractivity (Wildman–Crippen MR) is 85.2 cm³/mol. The molecule has 2 N–H and O–H groups in total. The van der Waals surface area contributed by atoms with Gasteiger partial charge in [-0.25, -0.2) is 0 Å². The average Bonchev–Trinajstić information content (AvgIpc) is 3.03. The minimum absolute atomic E-state index is 0.0866. The van der Waals surface area contributed by atoms with Crippen molar-refractivity contribution in [1.82, 2.24) is 5.32 Å². The molecule has 0 radical (unpaired) electrons. The van der Waals surface area contributed by atoms with Crippen LogP contribution in [0.5, 0.6) is 11.5 Å². The third-order valence-corrected chi connectivity index (χ3v) is 4.09. The fraction of sp³-hybridized carbons (Fsp3) is 0.375. The number of nitrogens with one attached hydrogen (secondary N) is 1. The van der Waals surface area contributed by atoms with Gasteiger partial charge in [0.2, 0.25) is 0 Å². The summed E-state index contributed by atoms with van der Waals surface area (Å²) in [6, 6.07) is 6.48. The Morgan fingerprint density at radius 2 is 2.13 bits per heavy atom. The van der Waals surface area contributed by atoms with E-state index in [1.807, 2.05) is 16.8 Å². The Labute approximate surface area is 137 Å². The lowest BCUT2D eigenvalue weighted by Gasteiger charge is -2.23. The molecule has 4 nitrogen and oxygen atoms in total. The Bertz CT molecular complexity index is 618. The summed E-state index contributed by atoms with van der Waals surface area (Å²) < 4.78 is 34.5. The zero-order chi connectivity index (χ0) is 16.9. The highest BCUT2D eigenvalue weighted by atomic mass is 32.1. The molecule has 0 bridgehead atoms. The number of methoxy groups -OCH3 is 1. The number of rotatable bonds is 8. The Kier molecular flexibility index (Phi) is 5.92. The van der Waals surface area contributed by atoms with E-state index in [9.17, 15) is 13.9 Å². The van der Waals surface area contributed by atoms with Crippen LogP contribution in [0.15, 0.2) is 35.0 Å². The molecular weight excluding hydrogens is 324 g/mol. The molecule has 1 aromatic carbocycles. The first kappa shape index (κ1) is 17.7. The Balaban J connectivity index is 2.04. The van der Waals surface area contributed by atoms with Crippen molar-refractivity contribution in [1.29, 1.82) is 0 Å². The maximum Gasteiger partial charge on any atom is 0.387 e. The molecule has 0 fully saturated rings. The first-order valence-electron chi connectivity index (χ1n) is 7.00. The summed E-state index contributed by atoms with van der Waals surface area (Å²) in [5.74, 6) is 0.636. The minimum atomic E-state index is -2.89. The number of aliphatic hydroxyl groups is 1.